The molecule has 0 N–H and O–H groups in total. The summed E-state index contributed by atoms with van der Waals surface area (Å²) in [5, 5.41) is 4.73. The molecular formula is C56H44Cl2N4O6. The second kappa shape index (κ2) is 15.6. The van der Waals surface area contributed by atoms with Gasteiger partial charge in [-0.15, -0.1) is 0 Å². The Kier molecular flexibility index (Phi) is 9.90. The number of halogens is 2. The Morgan fingerprint density at radius 2 is 0.985 bits per heavy atom. The summed E-state index contributed by atoms with van der Waals surface area (Å²) in [7, 11) is 0. The Morgan fingerprint density at radius 1 is 0.574 bits per heavy atom. The van der Waals surface area contributed by atoms with Crippen LogP contribution in [0.3, 0.4) is 0 Å². The fourth-order valence-electron chi connectivity index (χ4n) is 10.4. The molecule has 0 bridgehead atoms. The second-order valence-electron chi connectivity index (χ2n) is 18.5. The van der Waals surface area contributed by atoms with Crippen LogP contribution in [0.15, 0.2) is 157 Å². The molecule has 68 heavy (non-hydrogen) atoms. The zero-order chi connectivity index (χ0) is 47.3. The number of anilines is 2. The maximum Gasteiger partial charge on any atom is 0.335 e. The average Bonchev–Trinajstić information content (AvgIpc) is 3.60. The first-order chi connectivity index (χ1) is 32.6. The number of hydrogen-bond donors (Lipinski definition) is 0. The van der Waals surface area contributed by atoms with E-state index in [0.717, 1.165) is 67.3 Å². The van der Waals surface area contributed by atoms with Gasteiger partial charge in [0.1, 0.15) is 34.4 Å². The summed E-state index contributed by atoms with van der Waals surface area (Å²) in [6.45, 7) is 16.7. The van der Waals surface area contributed by atoms with Gasteiger partial charge in [-0.25, -0.2) is 9.59 Å². The summed E-state index contributed by atoms with van der Waals surface area (Å²) in [4.78, 5) is 38.7. The van der Waals surface area contributed by atoms with Crippen LogP contribution in [0.2, 0.25) is 10.0 Å². The van der Waals surface area contributed by atoms with Crippen LogP contribution in [0, 0.1) is 0 Å². The lowest BCUT2D eigenvalue weighted by molar-refractivity contribution is -0.129. The molecule has 2 spiro atoms. The Bertz CT molecular complexity index is 3180. The quantitative estimate of drug-likeness (QED) is 0.0843. The van der Waals surface area contributed by atoms with Gasteiger partial charge in [0.2, 0.25) is 11.4 Å². The van der Waals surface area contributed by atoms with Gasteiger partial charge in [-0.2, -0.15) is 0 Å². The molecule has 2 unspecified atom stereocenters. The number of rotatable bonds is 8. The summed E-state index contributed by atoms with van der Waals surface area (Å²) < 4.78 is 25.2. The van der Waals surface area contributed by atoms with Crippen LogP contribution in [-0.4, -0.2) is 35.8 Å². The molecular weight excluding hydrogens is 896 g/mol. The van der Waals surface area contributed by atoms with E-state index in [0.29, 0.717) is 57.5 Å². The molecule has 0 aliphatic carbocycles. The molecule has 0 aromatic heterocycles. The lowest BCUT2D eigenvalue weighted by atomic mass is 9.77. The number of carbonyl (C=O) groups excluding carboxylic acids is 2. The van der Waals surface area contributed by atoms with E-state index in [2.05, 4.69) is 87.1 Å². The first-order valence-electron chi connectivity index (χ1n) is 22.2. The molecule has 338 valence electrons. The van der Waals surface area contributed by atoms with Crippen molar-refractivity contribution in [3.05, 3.63) is 179 Å². The molecule has 10 nitrogen and oxygen atoms in total. The fraction of sp³-hybridized carbons (Fsp3) is 0.179. The van der Waals surface area contributed by atoms with Crippen LogP contribution < -0.4 is 28.7 Å². The molecule has 11 rings (SSSR count). The van der Waals surface area contributed by atoms with Gasteiger partial charge in [0.05, 0.1) is 23.3 Å². The van der Waals surface area contributed by atoms with Gasteiger partial charge < -0.3 is 28.7 Å². The molecule has 0 saturated carbocycles. The summed E-state index contributed by atoms with van der Waals surface area (Å²) in [6, 6.07) is 39.3. The molecule has 0 amide bonds. The summed E-state index contributed by atoms with van der Waals surface area (Å²) in [5.41, 5.74) is 4.42. The smallest absolute Gasteiger partial charge is 0.335 e. The fourth-order valence-corrected chi connectivity index (χ4v) is 10.7. The van der Waals surface area contributed by atoms with E-state index in [1.165, 1.54) is 0 Å². The molecule has 2 atom stereocenters. The van der Waals surface area contributed by atoms with Crippen LogP contribution in [0.4, 0.5) is 22.7 Å². The summed E-state index contributed by atoms with van der Waals surface area (Å²) in [5.74, 6) is 1.06. The van der Waals surface area contributed by atoms with Crippen molar-refractivity contribution in [2.45, 2.75) is 63.1 Å². The van der Waals surface area contributed by atoms with Crippen LogP contribution in [0.1, 0.15) is 49.9 Å². The molecule has 0 saturated heterocycles. The number of ether oxygens (including phenoxy) is 4. The number of nitrogens with zero attached hydrogens (tertiary/aromatic N) is 4. The van der Waals surface area contributed by atoms with Gasteiger partial charge >= 0.3 is 11.9 Å². The number of benzene rings is 7. The second-order valence-corrected chi connectivity index (χ2v) is 19.4. The van der Waals surface area contributed by atoms with Crippen LogP contribution in [0.5, 0.6) is 23.0 Å². The Labute approximate surface area is 403 Å². The van der Waals surface area contributed by atoms with E-state index in [-0.39, 0.29) is 0 Å². The lowest BCUT2D eigenvalue weighted by Crippen LogP contribution is -2.62. The van der Waals surface area contributed by atoms with Gasteiger partial charge in [0, 0.05) is 57.4 Å². The predicted molar refractivity (Wildman–Crippen MR) is 270 cm³/mol. The Balaban J connectivity index is 0.916. The van der Waals surface area contributed by atoms with E-state index in [1.54, 1.807) is 12.1 Å². The molecule has 4 aliphatic heterocycles. The van der Waals surface area contributed by atoms with Crippen molar-refractivity contribution in [3.8, 4) is 23.0 Å². The minimum absolute atomic E-state index is 0.419. The predicted octanol–water partition coefficient (Wildman–Crippen LogP) is 13.1. The SMILES string of the molecule is C=CC(=O)Oc1ccc2c3c(ccc2c1)OC1(C=N3)N(Cc2ccc(CN3c4ccc(Cl)cc4C(C)(C)C34C=Nc3c(ccc5cc(OC(=O)C=C)ccc35)O4)cc2)c2ccc(Cl)cc2C1(C)C. The van der Waals surface area contributed by atoms with Gasteiger partial charge in [0.15, 0.2) is 0 Å². The van der Waals surface area contributed by atoms with Crippen molar-refractivity contribution < 1.29 is 28.5 Å². The molecule has 12 heteroatoms. The molecule has 4 aliphatic rings. The first-order valence-corrected chi connectivity index (χ1v) is 22.9. The zero-order valence-corrected chi connectivity index (χ0v) is 39.2. The normalized spacial score (nSPS) is 19.8. The minimum atomic E-state index is -1.02. The highest BCUT2D eigenvalue weighted by atomic mass is 35.5. The number of fused-ring (bicyclic) bond motifs is 8. The zero-order valence-electron chi connectivity index (χ0n) is 37.7. The maximum absolute atomic E-state index is 11.9. The number of hydrogen-bond acceptors (Lipinski definition) is 10. The molecule has 0 radical (unpaired) electrons. The van der Waals surface area contributed by atoms with Crippen molar-refractivity contribution in [2.75, 3.05) is 9.80 Å². The lowest BCUT2D eigenvalue weighted by Gasteiger charge is -2.46. The van der Waals surface area contributed by atoms with E-state index in [9.17, 15) is 9.59 Å². The third kappa shape index (κ3) is 6.53. The topological polar surface area (TPSA) is 102 Å². The number of aliphatic imine (C=N–C) groups is 2. The largest absolute Gasteiger partial charge is 0.459 e. The minimum Gasteiger partial charge on any atom is -0.459 e. The van der Waals surface area contributed by atoms with Crippen molar-refractivity contribution in [1.82, 2.24) is 0 Å². The van der Waals surface area contributed by atoms with Crippen molar-refractivity contribution >= 4 is 91.9 Å². The molecule has 0 fully saturated rings. The molecule has 4 heterocycles. The third-order valence-corrected chi connectivity index (χ3v) is 14.5. The van der Waals surface area contributed by atoms with Crippen molar-refractivity contribution in [3.63, 3.8) is 0 Å². The van der Waals surface area contributed by atoms with Crippen LogP contribution in [0.25, 0.3) is 21.5 Å². The van der Waals surface area contributed by atoms with E-state index < -0.39 is 34.2 Å². The molecule has 7 aromatic carbocycles. The van der Waals surface area contributed by atoms with Gasteiger partial charge in [-0.3, -0.25) is 9.98 Å². The maximum atomic E-state index is 11.9. The summed E-state index contributed by atoms with van der Waals surface area (Å²) >= 11 is 13.4. The highest BCUT2D eigenvalue weighted by molar-refractivity contribution is 6.31. The average molecular weight is 940 g/mol. The number of carbonyl (C=O) groups is 2. The standard InChI is InChI=1S/C56H44Cl2N4O6/c1-7-49(63)65-39-17-19-41-35(25-39)13-23-47-51(41)59-31-55(67-47)53(3,4)43-27-37(57)15-21-45(43)61(55)29-33-9-11-34(12-10-33)30-62-46-22-16-38(58)28-44(46)54(5,6)56(62)32-60-52-42-20-18-40(66-50(64)8-2)26-36(42)14-24-48(52)68-56/h7-28,31-32H,1-2,29-30H2,3-6H3. The van der Waals surface area contributed by atoms with Crippen molar-refractivity contribution in [1.29, 1.82) is 0 Å². The highest BCUT2D eigenvalue weighted by Gasteiger charge is 2.61. The van der Waals surface area contributed by atoms with Crippen LogP contribution >= 0.6 is 23.2 Å². The van der Waals surface area contributed by atoms with Crippen LogP contribution in [-0.2, 0) is 33.5 Å². The van der Waals surface area contributed by atoms with Gasteiger partial charge in [-0.1, -0.05) is 72.8 Å². The van der Waals surface area contributed by atoms with E-state index in [4.69, 9.17) is 52.1 Å². The molecule has 7 aromatic rings. The summed E-state index contributed by atoms with van der Waals surface area (Å²) in [6.07, 6.45) is 6.12. The van der Waals surface area contributed by atoms with Gasteiger partial charge in [0.25, 0.3) is 0 Å². The van der Waals surface area contributed by atoms with Crippen molar-refractivity contribution in [2.24, 2.45) is 9.98 Å². The first kappa shape index (κ1) is 43.2. The Morgan fingerprint density at radius 3 is 1.38 bits per heavy atom. The highest BCUT2D eigenvalue weighted by Crippen LogP contribution is 2.58. The van der Waals surface area contributed by atoms with E-state index in [1.807, 2.05) is 85.2 Å². The Hall–Kier alpha value is -7.40. The van der Waals surface area contributed by atoms with Gasteiger partial charge in [-0.05, 0) is 146 Å². The monoisotopic (exact) mass is 938 g/mol. The third-order valence-electron chi connectivity index (χ3n) is 14.0. The van der Waals surface area contributed by atoms with E-state index >= 15 is 0 Å². The number of esters is 2.